The summed E-state index contributed by atoms with van der Waals surface area (Å²) in [5, 5.41) is 0. The van der Waals surface area contributed by atoms with Crippen LogP contribution in [-0.4, -0.2) is 33.9 Å². The molecule has 1 amide bonds. The van der Waals surface area contributed by atoms with Crippen LogP contribution in [0.2, 0.25) is 0 Å². The maximum absolute atomic E-state index is 12.6. The minimum absolute atomic E-state index is 0.143. The molecular weight excluding hydrogens is 314 g/mol. The standard InChI is InChI=1S/C20H19N3O2/c1-2-14-3-5-15(6-4-14)16-7-8-20(16)9-10-23(13-20)19(25)17-11-21-12-18(24)22-17/h1,3-6,11-12,16H,7-10,13H2,(H,22,24)/t16-,20?/m0/s1. The number of aromatic amines is 1. The Morgan fingerprint density at radius 3 is 2.72 bits per heavy atom. The van der Waals surface area contributed by atoms with Gasteiger partial charge in [0.05, 0.1) is 12.4 Å². The zero-order valence-electron chi connectivity index (χ0n) is 13.9. The highest BCUT2D eigenvalue weighted by Gasteiger charge is 2.52. The Kier molecular flexibility index (Phi) is 3.69. The zero-order chi connectivity index (χ0) is 17.4. The van der Waals surface area contributed by atoms with Gasteiger partial charge in [0.25, 0.3) is 11.5 Å². The summed E-state index contributed by atoms with van der Waals surface area (Å²) in [4.78, 5) is 32.3. The van der Waals surface area contributed by atoms with Gasteiger partial charge in [0.15, 0.2) is 0 Å². The number of rotatable bonds is 2. The van der Waals surface area contributed by atoms with Crippen LogP contribution >= 0.6 is 0 Å². The lowest BCUT2D eigenvalue weighted by atomic mass is 9.57. The van der Waals surface area contributed by atoms with Crippen molar-refractivity contribution in [2.45, 2.75) is 25.2 Å². The minimum atomic E-state index is -0.352. The van der Waals surface area contributed by atoms with Gasteiger partial charge in [0.1, 0.15) is 5.69 Å². The first-order valence-corrected chi connectivity index (χ1v) is 8.51. The molecule has 1 spiro atoms. The monoisotopic (exact) mass is 333 g/mol. The van der Waals surface area contributed by atoms with Gasteiger partial charge >= 0.3 is 0 Å². The van der Waals surface area contributed by atoms with E-state index in [0.717, 1.165) is 31.4 Å². The third kappa shape index (κ3) is 2.64. The number of nitrogens with one attached hydrogen (secondary N) is 1. The summed E-state index contributed by atoms with van der Waals surface area (Å²) in [6, 6.07) is 8.20. The number of hydrogen-bond donors (Lipinski definition) is 1. The number of hydrogen-bond acceptors (Lipinski definition) is 3. The van der Waals surface area contributed by atoms with Crippen molar-refractivity contribution >= 4 is 5.91 Å². The molecule has 2 aromatic rings. The molecule has 1 aromatic heterocycles. The Balaban J connectivity index is 1.52. The van der Waals surface area contributed by atoms with Gasteiger partial charge in [-0.3, -0.25) is 14.6 Å². The molecule has 0 bridgehead atoms. The van der Waals surface area contributed by atoms with Gasteiger partial charge in [-0.1, -0.05) is 18.1 Å². The fraction of sp³-hybridized carbons (Fsp3) is 0.350. The molecule has 126 valence electrons. The van der Waals surface area contributed by atoms with E-state index in [-0.39, 0.29) is 22.6 Å². The fourth-order valence-electron chi connectivity index (χ4n) is 4.24. The number of carbonyl (C=O) groups excluding carboxylic acids is 1. The van der Waals surface area contributed by atoms with E-state index in [4.69, 9.17) is 6.42 Å². The van der Waals surface area contributed by atoms with Crippen LogP contribution in [0.1, 0.15) is 46.8 Å². The van der Waals surface area contributed by atoms with Crippen molar-refractivity contribution in [1.82, 2.24) is 14.9 Å². The number of nitrogens with zero attached hydrogens (tertiary/aromatic N) is 2. The number of carbonyl (C=O) groups is 1. The first-order valence-electron chi connectivity index (χ1n) is 8.51. The molecule has 4 rings (SSSR count). The molecule has 5 heteroatoms. The Labute approximate surface area is 146 Å². The second-order valence-corrected chi connectivity index (χ2v) is 7.01. The summed E-state index contributed by atoms with van der Waals surface area (Å²) < 4.78 is 0. The molecule has 1 aliphatic heterocycles. The van der Waals surface area contributed by atoms with Crippen molar-refractivity contribution in [2.24, 2.45) is 5.41 Å². The molecular formula is C20H19N3O2. The quantitative estimate of drug-likeness (QED) is 0.857. The molecule has 1 unspecified atom stereocenters. The number of H-pyrrole nitrogens is 1. The summed E-state index contributed by atoms with van der Waals surface area (Å²) in [6.45, 7) is 1.44. The van der Waals surface area contributed by atoms with E-state index in [2.05, 4.69) is 28.0 Å². The number of terminal acetylenes is 1. The van der Waals surface area contributed by atoms with Crippen molar-refractivity contribution < 1.29 is 4.79 Å². The van der Waals surface area contributed by atoms with Crippen molar-refractivity contribution in [2.75, 3.05) is 13.1 Å². The van der Waals surface area contributed by atoms with Crippen molar-refractivity contribution in [3.05, 3.63) is 63.8 Å². The second kappa shape index (κ2) is 5.89. The van der Waals surface area contributed by atoms with E-state index < -0.39 is 0 Å². The Hall–Kier alpha value is -2.87. The zero-order valence-corrected chi connectivity index (χ0v) is 13.9. The van der Waals surface area contributed by atoms with E-state index in [1.54, 1.807) is 0 Å². The van der Waals surface area contributed by atoms with Gasteiger partial charge in [-0.25, -0.2) is 0 Å². The van der Waals surface area contributed by atoms with Gasteiger partial charge in [0.2, 0.25) is 0 Å². The van der Waals surface area contributed by atoms with Gasteiger partial charge < -0.3 is 9.88 Å². The molecule has 5 nitrogen and oxygen atoms in total. The molecule has 1 aromatic carbocycles. The number of likely N-dealkylation sites (tertiary alicyclic amines) is 1. The molecule has 1 aliphatic carbocycles. The maximum Gasteiger partial charge on any atom is 0.271 e. The van der Waals surface area contributed by atoms with Gasteiger partial charge in [-0.05, 0) is 48.3 Å². The summed E-state index contributed by atoms with van der Waals surface area (Å²) in [5.41, 5.74) is 2.25. The molecule has 25 heavy (non-hydrogen) atoms. The number of benzene rings is 1. The Morgan fingerprint density at radius 2 is 2.08 bits per heavy atom. The molecule has 2 heterocycles. The highest BCUT2D eigenvalue weighted by atomic mass is 16.2. The predicted octanol–water partition coefficient (Wildman–Crippen LogP) is 2.16. The van der Waals surface area contributed by atoms with Crippen LogP contribution in [0.25, 0.3) is 0 Å². The maximum atomic E-state index is 12.6. The van der Waals surface area contributed by atoms with Crippen LogP contribution < -0.4 is 5.56 Å². The summed E-state index contributed by atoms with van der Waals surface area (Å²) in [6.07, 6.45) is 11.3. The van der Waals surface area contributed by atoms with Crippen LogP contribution in [0.15, 0.2) is 41.5 Å². The lowest BCUT2D eigenvalue weighted by molar-refractivity contribution is 0.0669. The second-order valence-electron chi connectivity index (χ2n) is 7.01. The van der Waals surface area contributed by atoms with Crippen LogP contribution in [-0.2, 0) is 0 Å². The number of aromatic nitrogens is 2. The minimum Gasteiger partial charge on any atom is -0.337 e. The third-order valence-corrected chi connectivity index (χ3v) is 5.71. The van der Waals surface area contributed by atoms with E-state index in [9.17, 15) is 9.59 Å². The van der Waals surface area contributed by atoms with Crippen molar-refractivity contribution in [3.8, 4) is 12.3 Å². The van der Waals surface area contributed by atoms with Gasteiger partial charge in [-0.15, -0.1) is 6.42 Å². The topological polar surface area (TPSA) is 66.1 Å². The molecule has 2 atom stereocenters. The lowest BCUT2D eigenvalue weighted by Crippen LogP contribution is -2.42. The average Bonchev–Trinajstić information content (AvgIpc) is 3.09. The third-order valence-electron chi connectivity index (χ3n) is 5.71. The molecule has 2 fully saturated rings. The van der Waals surface area contributed by atoms with Crippen molar-refractivity contribution in [1.29, 1.82) is 0 Å². The fourth-order valence-corrected chi connectivity index (χ4v) is 4.24. The normalized spacial score (nSPS) is 24.8. The van der Waals surface area contributed by atoms with E-state index in [1.807, 2.05) is 17.0 Å². The van der Waals surface area contributed by atoms with E-state index in [0.29, 0.717) is 12.5 Å². The van der Waals surface area contributed by atoms with Crippen LogP contribution in [0.5, 0.6) is 0 Å². The average molecular weight is 333 g/mol. The van der Waals surface area contributed by atoms with Crippen LogP contribution in [0.3, 0.4) is 0 Å². The first kappa shape index (κ1) is 15.6. The van der Waals surface area contributed by atoms with Gasteiger partial charge in [-0.2, -0.15) is 0 Å². The highest BCUT2D eigenvalue weighted by molar-refractivity contribution is 5.92. The molecule has 2 aliphatic rings. The van der Waals surface area contributed by atoms with E-state index >= 15 is 0 Å². The summed E-state index contributed by atoms with van der Waals surface area (Å²) in [5.74, 6) is 2.97. The van der Waals surface area contributed by atoms with Crippen LogP contribution in [0, 0.1) is 17.8 Å². The molecule has 1 saturated carbocycles. The Morgan fingerprint density at radius 1 is 1.28 bits per heavy atom. The summed E-state index contributed by atoms with van der Waals surface area (Å²) >= 11 is 0. The largest absolute Gasteiger partial charge is 0.337 e. The highest BCUT2D eigenvalue weighted by Crippen LogP contribution is 2.57. The molecule has 1 N–H and O–H groups in total. The number of amides is 1. The first-order chi connectivity index (χ1) is 12.1. The predicted molar refractivity (Wildman–Crippen MR) is 94.2 cm³/mol. The lowest BCUT2D eigenvalue weighted by Gasteiger charge is -2.47. The summed E-state index contributed by atoms with van der Waals surface area (Å²) in [7, 11) is 0. The molecule has 0 radical (unpaired) electrons. The van der Waals surface area contributed by atoms with Gasteiger partial charge in [0, 0.05) is 18.7 Å². The van der Waals surface area contributed by atoms with E-state index in [1.165, 1.54) is 18.0 Å². The smallest absolute Gasteiger partial charge is 0.271 e. The molecule has 1 saturated heterocycles. The SMILES string of the molecule is C#Cc1ccc([C@@H]2CCC23CCN(C(=O)c2cncc(=O)[nH]2)C3)cc1. The van der Waals surface area contributed by atoms with Crippen LogP contribution in [0.4, 0.5) is 0 Å². The Bertz CT molecular complexity index is 910. The van der Waals surface area contributed by atoms with Crippen molar-refractivity contribution in [3.63, 3.8) is 0 Å².